The van der Waals surface area contributed by atoms with Crippen molar-refractivity contribution in [2.75, 3.05) is 0 Å². The van der Waals surface area contributed by atoms with Crippen LogP contribution >= 0.6 is 0 Å². The maximum absolute atomic E-state index is 5.50. The molecule has 1 aromatic carbocycles. The van der Waals surface area contributed by atoms with Crippen LogP contribution < -0.4 is 0 Å². The summed E-state index contributed by atoms with van der Waals surface area (Å²) in [6, 6.07) is 6.54. The van der Waals surface area contributed by atoms with Crippen molar-refractivity contribution in [1.29, 1.82) is 0 Å². The molecule has 0 bridgehead atoms. The molecular weight excluding hydrogens is 184 g/mol. The zero-order chi connectivity index (χ0) is 11.0. The highest BCUT2D eigenvalue weighted by Crippen LogP contribution is 2.30. The molecule has 0 amide bonds. The number of furan rings is 1. The molecule has 0 unspecified atom stereocenters. The minimum atomic E-state index is 0.545. The van der Waals surface area contributed by atoms with E-state index in [4.69, 9.17) is 4.42 Å². The van der Waals surface area contributed by atoms with Gasteiger partial charge in [-0.25, -0.2) is 0 Å². The van der Waals surface area contributed by atoms with Gasteiger partial charge in [-0.2, -0.15) is 0 Å². The third kappa shape index (κ3) is 1.79. The molecule has 0 atom stereocenters. The van der Waals surface area contributed by atoms with E-state index in [-0.39, 0.29) is 0 Å². The summed E-state index contributed by atoms with van der Waals surface area (Å²) in [7, 11) is 0. The lowest BCUT2D eigenvalue weighted by Gasteiger charge is -2.12. The summed E-state index contributed by atoms with van der Waals surface area (Å²) in [6.45, 7) is 8.89. The van der Waals surface area contributed by atoms with Crippen LogP contribution in [0, 0.1) is 0 Å². The first-order chi connectivity index (χ1) is 7.09. The summed E-state index contributed by atoms with van der Waals surface area (Å²) in [5.74, 6) is 1.10. The van der Waals surface area contributed by atoms with Crippen molar-refractivity contribution in [1.82, 2.24) is 0 Å². The summed E-state index contributed by atoms with van der Waals surface area (Å²) < 4.78 is 5.50. The zero-order valence-electron chi connectivity index (χ0n) is 9.87. The molecule has 0 aliphatic heterocycles. The molecule has 2 rings (SSSR count). The summed E-state index contributed by atoms with van der Waals surface area (Å²) in [5.41, 5.74) is 3.77. The highest BCUT2D eigenvalue weighted by atomic mass is 16.3. The Morgan fingerprint density at radius 2 is 1.73 bits per heavy atom. The van der Waals surface area contributed by atoms with Gasteiger partial charge in [0.05, 0.1) is 6.26 Å². The molecule has 0 N–H and O–H groups in total. The standard InChI is InChI=1S/C14H18O/c1-9(2)11-7-13(10(3)4)12-5-6-15-14(12)8-11/h5-10H,1-4H3. The Morgan fingerprint density at radius 3 is 2.33 bits per heavy atom. The molecule has 0 radical (unpaired) electrons. The van der Waals surface area contributed by atoms with Crippen LogP contribution in [-0.2, 0) is 0 Å². The van der Waals surface area contributed by atoms with Crippen LogP contribution in [0.2, 0.25) is 0 Å². The lowest BCUT2D eigenvalue weighted by atomic mass is 9.93. The van der Waals surface area contributed by atoms with Crippen LogP contribution in [0.1, 0.15) is 50.7 Å². The number of hydrogen-bond donors (Lipinski definition) is 0. The quantitative estimate of drug-likeness (QED) is 0.689. The number of fused-ring (bicyclic) bond motifs is 1. The smallest absolute Gasteiger partial charge is 0.134 e. The van der Waals surface area contributed by atoms with E-state index in [9.17, 15) is 0 Å². The Balaban J connectivity index is 2.69. The van der Waals surface area contributed by atoms with E-state index in [0.29, 0.717) is 11.8 Å². The van der Waals surface area contributed by atoms with Gasteiger partial charge in [-0.05, 0) is 35.1 Å². The summed E-state index contributed by atoms with van der Waals surface area (Å²) >= 11 is 0. The molecule has 0 aliphatic rings. The van der Waals surface area contributed by atoms with E-state index in [1.807, 2.05) is 0 Å². The van der Waals surface area contributed by atoms with E-state index < -0.39 is 0 Å². The molecule has 1 nitrogen and oxygen atoms in total. The average molecular weight is 202 g/mol. The lowest BCUT2D eigenvalue weighted by Crippen LogP contribution is -1.93. The van der Waals surface area contributed by atoms with Gasteiger partial charge in [0.2, 0.25) is 0 Å². The Kier molecular flexibility index (Phi) is 2.56. The third-order valence-electron chi connectivity index (χ3n) is 2.91. The number of benzene rings is 1. The van der Waals surface area contributed by atoms with Crippen LogP contribution in [0.4, 0.5) is 0 Å². The monoisotopic (exact) mass is 202 g/mol. The first-order valence-electron chi connectivity index (χ1n) is 5.60. The predicted octanol–water partition coefficient (Wildman–Crippen LogP) is 4.68. The molecule has 0 aliphatic carbocycles. The van der Waals surface area contributed by atoms with Crippen molar-refractivity contribution in [2.24, 2.45) is 0 Å². The fraction of sp³-hybridized carbons (Fsp3) is 0.429. The maximum atomic E-state index is 5.50. The fourth-order valence-electron chi connectivity index (χ4n) is 1.93. The largest absolute Gasteiger partial charge is 0.464 e. The molecule has 0 spiro atoms. The van der Waals surface area contributed by atoms with Crippen molar-refractivity contribution >= 4 is 11.0 Å². The molecular formula is C14H18O. The first-order valence-corrected chi connectivity index (χ1v) is 5.60. The maximum Gasteiger partial charge on any atom is 0.134 e. The summed E-state index contributed by atoms with van der Waals surface area (Å²) in [5, 5.41) is 1.26. The average Bonchev–Trinajstić information content (AvgIpc) is 2.62. The van der Waals surface area contributed by atoms with E-state index in [2.05, 4.69) is 45.9 Å². The fourth-order valence-corrected chi connectivity index (χ4v) is 1.93. The Morgan fingerprint density at radius 1 is 1.00 bits per heavy atom. The van der Waals surface area contributed by atoms with Gasteiger partial charge in [0.25, 0.3) is 0 Å². The molecule has 1 heteroatoms. The predicted molar refractivity (Wildman–Crippen MR) is 64.4 cm³/mol. The van der Waals surface area contributed by atoms with Crippen LogP contribution in [0.15, 0.2) is 28.9 Å². The van der Waals surface area contributed by atoms with E-state index >= 15 is 0 Å². The molecule has 0 saturated heterocycles. The van der Waals surface area contributed by atoms with Gasteiger partial charge >= 0.3 is 0 Å². The lowest BCUT2D eigenvalue weighted by molar-refractivity contribution is 0.614. The second kappa shape index (κ2) is 3.73. The summed E-state index contributed by atoms with van der Waals surface area (Å²) in [4.78, 5) is 0. The molecule has 0 saturated carbocycles. The van der Waals surface area contributed by atoms with Gasteiger partial charge < -0.3 is 4.42 Å². The Labute approximate surface area is 91.1 Å². The number of hydrogen-bond acceptors (Lipinski definition) is 1. The molecule has 1 aromatic heterocycles. The van der Waals surface area contributed by atoms with Gasteiger partial charge in [0.1, 0.15) is 5.58 Å². The van der Waals surface area contributed by atoms with Crippen LogP contribution in [-0.4, -0.2) is 0 Å². The van der Waals surface area contributed by atoms with Gasteiger partial charge in [-0.1, -0.05) is 33.8 Å². The highest BCUT2D eigenvalue weighted by Gasteiger charge is 2.11. The van der Waals surface area contributed by atoms with Crippen molar-refractivity contribution < 1.29 is 4.42 Å². The van der Waals surface area contributed by atoms with Crippen molar-refractivity contribution in [3.8, 4) is 0 Å². The number of rotatable bonds is 2. The SMILES string of the molecule is CC(C)c1cc(C(C)C)c2ccoc2c1. The van der Waals surface area contributed by atoms with Gasteiger partial charge in [0, 0.05) is 5.39 Å². The van der Waals surface area contributed by atoms with Crippen LogP contribution in [0.25, 0.3) is 11.0 Å². The summed E-state index contributed by atoms with van der Waals surface area (Å²) in [6.07, 6.45) is 1.78. The van der Waals surface area contributed by atoms with Crippen LogP contribution in [0.5, 0.6) is 0 Å². The molecule has 80 valence electrons. The third-order valence-corrected chi connectivity index (χ3v) is 2.91. The topological polar surface area (TPSA) is 13.1 Å². The molecule has 2 aromatic rings. The normalized spacial score (nSPS) is 11.9. The van der Waals surface area contributed by atoms with Gasteiger partial charge in [-0.15, -0.1) is 0 Å². The highest BCUT2D eigenvalue weighted by molar-refractivity contribution is 5.82. The zero-order valence-corrected chi connectivity index (χ0v) is 9.87. The van der Waals surface area contributed by atoms with Crippen molar-refractivity contribution in [3.63, 3.8) is 0 Å². The van der Waals surface area contributed by atoms with E-state index in [1.165, 1.54) is 16.5 Å². The van der Waals surface area contributed by atoms with Crippen LogP contribution in [0.3, 0.4) is 0 Å². The van der Waals surface area contributed by atoms with E-state index in [0.717, 1.165) is 5.58 Å². The van der Waals surface area contributed by atoms with Crippen molar-refractivity contribution in [3.05, 3.63) is 35.6 Å². The second-order valence-electron chi connectivity index (χ2n) is 4.75. The molecule has 0 fully saturated rings. The molecule has 1 heterocycles. The minimum absolute atomic E-state index is 0.545. The Bertz CT molecular complexity index is 463. The van der Waals surface area contributed by atoms with Gasteiger partial charge in [0.15, 0.2) is 0 Å². The first kappa shape index (κ1) is 10.3. The van der Waals surface area contributed by atoms with Gasteiger partial charge in [-0.3, -0.25) is 0 Å². The minimum Gasteiger partial charge on any atom is -0.464 e. The second-order valence-corrected chi connectivity index (χ2v) is 4.75. The van der Waals surface area contributed by atoms with E-state index in [1.54, 1.807) is 6.26 Å². The Hall–Kier alpha value is -1.24. The van der Waals surface area contributed by atoms with Crippen molar-refractivity contribution in [2.45, 2.75) is 39.5 Å². The molecule has 15 heavy (non-hydrogen) atoms.